The first kappa shape index (κ1) is 18.5. The van der Waals surface area contributed by atoms with E-state index in [2.05, 4.69) is 0 Å². The Hall–Kier alpha value is -3.32. The molecule has 0 aliphatic carbocycles. The number of esters is 1. The van der Waals surface area contributed by atoms with E-state index >= 15 is 0 Å². The number of hydrogen-bond acceptors (Lipinski definition) is 6. The lowest BCUT2D eigenvalue weighted by Gasteiger charge is -2.05. The largest absolute Gasteiger partial charge is 0.497 e. The van der Waals surface area contributed by atoms with Gasteiger partial charge in [0.05, 0.1) is 23.7 Å². The lowest BCUT2D eigenvalue weighted by atomic mass is 10.1. The summed E-state index contributed by atoms with van der Waals surface area (Å²) in [5, 5.41) is 11.8. The zero-order valence-corrected chi connectivity index (χ0v) is 15.1. The molecule has 0 radical (unpaired) electrons. The van der Waals surface area contributed by atoms with Crippen LogP contribution in [-0.2, 0) is 0 Å². The van der Waals surface area contributed by atoms with Crippen molar-refractivity contribution in [3.63, 3.8) is 0 Å². The lowest BCUT2D eigenvalue weighted by Crippen LogP contribution is -2.07. The number of carbonyl (C=O) groups is 1. The number of nitro groups is 1. The number of rotatable bonds is 5. The molecule has 138 valence electrons. The molecule has 0 unspecified atom stereocenters. The van der Waals surface area contributed by atoms with Gasteiger partial charge in [0.15, 0.2) is 0 Å². The quantitative estimate of drug-likeness (QED) is 0.263. The molecular formula is C19H14ClNO6. The summed E-state index contributed by atoms with van der Waals surface area (Å²) in [6, 6.07) is 12.0. The number of methoxy groups -OCH3 is 1. The minimum atomic E-state index is -0.739. The number of furan rings is 1. The highest BCUT2D eigenvalue weighted by Gasteiger charge is 2.21. The molecule has 0 aliphatic rings. The molecule has 3 rings (SSSR count). The molecule has 8 heteroatoms. The molecule has 0 spiro atoms. The van der Waals surface area contributed by atoms with Crippen LogP contribution in [0.1, 0.15) is 16.1 Å². The van der Waals surface area contributed by atoms with Crippen molar-refractivity contribution < 1.29 is 23.6 Å². The summed E-state index contributed by atoms with van der Waals surface area (Å²) in [5.74, 6) is -0.0562. The predicted octanol–water partition coefficient (Wildman–Crippen LogP) is 5.04. The number of halogens is 1. The van der Waals surface area contributed by atoms with Gasteiger partial charge in [-0.15, -0.1) is 0 Å². The van der Waals surface area contributed by atoms with Crippen LogP contribution >= 0.6 is 11.6 Å². The van der Waals surface area contributed by atoms with Gasteiger partial charge in [-0.1, -0.05) is 17.7 Å². The summed E-state index contributed by atoms with van der Waals surface area (Å²) in [6.45, 7) is 1.83. The van der Waals surface area contributed by atoms with E-state index < -0.39 is 10.9 Å². The molecule has 1 aromatic heterocycles. The van der Waals surface area contributed by atoms with Crippen molar-refractivity contribution in [1.29, 1.82) is 0 Å². The predicted molar refractivity (Wildman–Crippen MR) is 98.5 cm³/mol. The maximum atomic E-state index is 12.3. The normalized spacial score (nSPS) is 10.5. The molecule has 1 heterocycles. The van der Waals surface area contributed by atoms with Crippen molar-refractivity contribution in [2.75, 3.05) is 7.11 Å². The number of aryl methyl sites for hydroxylation is 1. The minimum Gasteiger partial charge on any atom is -0.497 e. The number of ether oxygens (including phenoxy) is 2. The average Bonchev–Trinajstić information content (AvgIpc) is 3.14. The number of carbonyl (C=O) groups excluding carboxylic acids is 1. The Morgan fingerprint density at radius 3 is 2.52 bits per heavy atom. The Bertz CT molecular complexity index is 1030. The van der Waals surface area contributed by atoms with Crippen LogP contribution in [0.4, 0.5) is 5.69 Å². The van der Waals surface area contributed by atoms with E-state index in [9.17, 15) is 14.9 Å². The van der Waals surface area contributed by atoms with Gasteiger partial charge in [0, 0.05) is 5.02 Å². The van der Waals surface area contributed by atoms with Gasteiger partial charge in [0.2, 0.25) is 5.76 Å². The van der Waals surface area contributed by atoms with E-state index in [0.29, 0.717) is 10.8 Å². The van der Waals surface area contributed by atoms with E-state index in [1.165, 1.54) is 37.4 Å². The molecule has 0 bridgehead atoms. The van der Waals surface area contributed by atoms with Crippen molar-refractivity contribution >= 4 is 23.3 Å². The van der Waals surface area contributed by atoms with Gasteiger partial charge in [0.1, 0.15) is 17.3 Å². The van der Waals surface area contributed by atoms with Gasteiger partial charge in [-0.2, -0.15) is 0 Å². The first-order valence-electron chi connectivity index (χ1n) is 7.80. The average molecular weight is 388 g/mol. The number of benzene rings is 2. The molecule has 0 amide bonds. The zero-order chi connectivity index (χ0) is 19.6. The smallest absolute Gasteiger partial charge is 0.379 e. The van der Waals surface area contributed by atoms with Crippen LogP contribution in [0.5, 0.6) is 11.5 Å². The maximum absolute atomic E-state index is 12.3. The van der Waals surface area contributed by atoms with Crippen LogP contribution in [0, 0.1) is 17.0 Å². The van der Waals surface area contributed by atoms with Crippen molar-refractivity contribution in [3.8, 4) is 22.8 Å². The highest BCUT2D eigenvalue weighted by atomic mass is 35.5. The number of nitrogens with zero attached hydrogens (tertiary/aromatic N) is 1. The Kier molecular flexibility index (Phi) is 5.14. The molecule has 27 heavy (non-hydrogen) atoms. The monoisotopic (exact) mass is 387 g/mol. The fourth-order valence-corrected chi connectivity index (χ4v) is 2.56. The first-order valence-corrected chi connectivity index (χ1v) is 8.18. The number of hydrogen-bond donors (Lipinski definition) is 0. The summed E-state index contributed by atoms with van der Waals surface area (Å²) in [4.78, 5) is 23.0. The molecule has 0 fully saturated rings. The lowest BCUT2D eigenvalue weighted by molar-refractivity contribution is -0.384. The molecule has 0 saturated carbocycles. The Balaban J connectivity index is 1.87. The van der Waals surface area contributed by atoms with Gasteiger partial charge >= 0.3 is 5.97 Å². The van der Waals surface area contributed by atoms with E-state index in [-0.39, 0.29) is 28.5 Å². The number of nitro benzene ring substituents is 1. The summed E-state index contributed by atoms with van der Waals surface area (Å²) >= 11 is 6.01. The topological polar surface area (TPSA) is 91.8 Å². The fourth-order valence-electron chi connectivity index (χ4n) is 2.38. The van der Waals surface area contributed by atoms with Gasteiger partial charge in [0.25, 0.3) is 5.69 Å². The molecule has 0 atom stereocenters. The van der Waals surface area contributed by atoms with Gasteiger partial charge in [-0.25, -0.2) is 4.79 Å². The molecular weight excluding hydrogens is 374 g/mol. The van der Waals surface area contributed by atoms with Crippen LogP contribution in [0.3, 0.4) is 0 Å². The molecule has 0 N–H and O–H groups in total. The summed E-state index contributed by atoms with van der Waals surface area (Å²) in [7, 11) is 1.41. The third kappa shape index (κ3) is 3.93. The minimum absolute atomic E-state index is 0.0909. The SMILES string of the molecule is COc1ccc(-c2ccc(C(=O)Oc3ccc(C)c(Cl)c3)o2)c([N+](=O)[O-])c1. The second-order valence-electron chi connectivity index (χ2n) is 5.60. The van der Waals surface area contributed by atoms with Gasteiger partial charge < -0.3 is 13.9 Å². The van der Waals surface area contributed by atoms with Crippen molar-refractivity contribution in [2.24, 2.45) is 0 Å². The Morgan fingerprint density at radius 1 is 1.11 bits per heavy atom. The Labute approximate surface area is 159 Å². The summed E-state index contributed by atoms with van der Waals surface area (Å²) < 4.78 is 15.7. The summed E-state index contributed by atoms with van der Waals surface area (Å²) in [5.41, 5.74) is 0.871. The van der Waals surface area contributed by atoms with Crippen LogP contribution in [0.25, 0.3) is 11.3 Å². The van der Waals surface area contributed by atoms with Crippen molar-refractivity contribution in [3.05, 3.63) is 75.0 Å². The summed E-state index contributed by atoms with van der Waals surface area (Å²) in [6.07, 6.45) is 0. The van der Waals surface area contributed by atoms with E-state index in [0.717, 1.165) is 5.56 Å². The standard InChI is InChI=1S/C19H14ClNO6/c1-11-3-4-13(9-15(11)20)26-19(22)18-8-7-17(27-18)14-6-5-12(25-2)10-16(14)21(23)24/h3-10H,1-2H3. The van der Waals surface area contributed by atoms with Crippen LogP contribution < -0.4 is 9.47 Å². The zero-order valence-electron chi connectivity index (χ0n) is 14.4. The van der Waals surface area contributed by atoms with Crippen LogP contribution in [0.2, 0.25) is 5.02 Å². The van der Waals surface area contributed by atoms with Crippen LogP contribution in [-0.4, -0.2) is 18.0 Å². The molecule has 7 nitrogen and oxygen atoms in total. The second-order valence-corrected chi connectivity index (χ2v) is 6.01. The highest BCUT2D eigenvalue weighted by Crippen LogP contribution is 2.34. The van der Waals surface area contributed by atoms with E-state index in [4.69, 9.17) is 25.5 Å². The third-order valence-corrected chi connectivity index (χ3v) is 4.24. The molecule has 0 saturated heterocycles. The second kappa shape index (κ2) is 7.51. The van der Waals surface area contributed by atoms with Gasteiger partial charge in [-0.3, -0.25) is 10.1 Å². The van der Waals surface area contributed by atoms with Gasteiger partial charge in [-0.05, 0) is 48.9 Å². The van der Waals surface area contributed by atoms with E-state index in [1.807, 2.05) is 6.92 Å². The van der Waals surface area contributed by atoms with Crippen LogP contribution in [0.15, 0.2) is 52.9 Å². The van der Waals surface area contributed by atoms with Crippen molar-refractivity contribution in [2.45, 2.75) is 6.92 Å². The Morgan fingerprint density at radius 2 is 1.85 bits per heavy atom. The maximum Gasteiger partial charge on any atom is 0.379 e. The van der Waals surface area contributed by atoms with Crippen molar-refractivity contribution in [1.82, 2.24) is 0 Å². The first-order chi connectivity index (χ1) is 12.9. The fraction of sp³-hybridized carbons (Fsp3) is 0.105. The highest BCUT2D eigenvalue weighted by molar-refractivity contribution is 6.31. The van der Waals surface area contributed by atoms with E-state index in [1.54, 1.807) is 18.2 Å². The molecule has 0 aliphatic heterocycles. The third-order valence-electron chi connectivity index (χ3n) is 3.83. The molecule has 2 aromatic carbocycles. The molecule has 3 aromatic rings.